The number of likely N-dealkylation sites (N-methyl/N-ethyl adjacent to an activating group) is 1. The Bertz CT molecular complexity index is 1330. The van der Waals surface area contributed by atoms with Gasteiger partial charge < -0.3 is 14.9 Å². The minimum absolute atomic E-state index is 0.0456. The number of benzene rings is 3. The molecule has 8 heteroatoms. The maximum Gasteiger partial charge on any atom is 0.303 e. The summed E-state index contributed by atoms with van der Waals surface area (Å²) < 4.78 is 14.7. The van der Waals surface area contributed by atoms with E-state index in [2.05, 4.69) is 0 Å². The van der Waals surface area contributed by atoms with Crippen molar-refractivity contribution in [2.45, 2.75) is 45.1 Å². The number of nitrogens with zero attached hydrogens (tertiary/aromatic N) is 2. The standard InChI is InChI=1S/C29H28ClFN2O4/c1-3-32(22-13-11-21(30)12-14-22)29(37)24-16-18(2)33(26-7-5-4-6-23(24)26)28(36)20-9-8-19(25(31)17-20)10-15-27(34)35/h4-9,11-14,17-18,24H,3,10,15-16H2,1-2H3,(H,34,35)/t18-,24-/m0/s1. The van der Waals surface area contributed by atoms with Crippen LogP contribution < -0.4 is 9.80 Å². The van der Waals surface area contributed by atoms with E-state index in [0.29, 0.717) is 23.7 Å². The minimum atomic E-state index is -1.01. The second kappa shape index (κ2) is 11.1. The minimum Gasteiger partial charge on any atom is -0.481 e. The fourth-order valence-corrected chi connectivity index (χ4v) is 5.02. The maximum absolute atomic E-state index is 14.7. The maximum atomic E-state index is 14.7. The molecule has 1 heterocycles. The third kappa shape index (κ3) is 5.52. The van der Waals surface area contributed by atoms with E-state index in [1.165, 1.54) is 12.1 Å². The van der Waals surface area contributed by atoms with Gasteiger partial charge in [-0.2, -0.15) is 0 Å². The number of para-hydroxylation sites is 1. The molecule has 0 aromatic heterocycles. The molecule has 3 aromatic carbocycles. The van der Waals surface area contributed by atoms with E-state index < -0.39 is 17.7 Å². The third-order valence-corrected chi connectivity index (χ3v) is 6.99. The van der Waals surface area contributed by atoms with Crippen LogP contribution in [0.3, 0.4) is 0 Å². The van der Waals surface area contributed by atoms with Gasteiger partial charge in [0.2, 0.25) is 5.91 Å². The summed E-state index contributed by atoms with van der Waals surface area (Å²) in [5, 5.41) is 9.46. The van der Waals surface area contributed by atoms with Crippen molar-refractivity contribution < 1.29 is 23.9 Å². The molecule has 0 saturated carbocycles. The predicted octanol–water partition coefficient (Wildman–Crippen LogP) is 6.07. The molecule has 192 valence electrons. The lowest BCUT2D eigenvalue weighted by molar-refractivity contribution is -0.137. The normalized spacial score (nSPS) is 16.7. The van der Waals surface area contributed by atoms with Gasteiger partial charge >= 0.3 is 5.97 Å². The summed E-state index contributed by atoms with van der Waals surface area (Å²) in [7, 11) is 0. The number of fused-ring (bicyclic) bond motifs is 1. The SMILES string of the molecule is CCN(C(=O)[C@H]1C[C@H](C)N(C(=O)c2ccc(CCC(=O)O)c(F)c2)c2ccccc21)c1ccc(Cl)cc1. The van der Waals surface area contributed by atoms with Gasteiger partial charge in [0.15, 0.2) is 0 Å². The number of carboxylic acids is 1. The van der Waals surface area contributed by atoms with Crippen LogP contribution in [0.15, 0.2) is 66.7 Å². The molecular weight excluding hydrogens is 495 g/mol. The summed E-state index contributed by atoms with van der Waals surface area (Å²) in [6.07, 6.45) is 0.260. The van der Waals surface area contributed by atoms with Crippen LogP contribution in [-0.4, -0.2) is 35.5 Å². The van der Waals surface area contributed by atoms with Crippen molar-refractivity contribution in [3.05, 3.63) is 94.3 Å². The highest BCUT2D eigenvalue weighted by molar-refractivity contribution is 6.30. The Morgan fingerprint density at radius 1 is 1.08 bits per heavy atom. The highest BCUT2D eigenvalue weighted by Gasteiger charge is 2.39. The van der Waals surface area contributed by atoms with E-state index in [0.717, 1.165) is 17.3 Å². The monoisotopic (exact) mass is 522 g/mol. The summed E-state index contributed by atoms with van der Waals surface area (Å²) in [5.41, 5.74) is 2.52. The molecule has 0 fully saturated rings. The number of amides is 2. The highest BCUT2D eigenvalue weighted by atomic mass is 35.5. The van der Waals surface area contributed by atoms with Crippen molar-refractivity contribution in [3.8, 4) is 0 Å². The van der Waals surface area contributed by atoms with Crippen molar-refractivity contribution in [2.24, 2.45) is 0 Å². The molecule has 0 radical (unpaired) electrons. The summed E-state index contributed by atoms with van der Waals surface area (Å²) in [6.45, 7) is 4.27. The van der Waals surface area contributed by atoms with Crippen molar-refractivity contribution >= 4 is 40.8 Å². The number of hydrogen-bond donors (Lipinski definition) is 1. The molecule has 1 aliphatic heterocycles. The summed E-state index contributed by atoms with van der Waals surface area (Å²) >= 11 is 6.03. The number of rotatable bonds is 7. The van der Waals surface area contributed by atoms with Gasteiger partial charge in [0.25, 0.3) is 5.91 Å². The molecule has 0 bridgehead atoms. The summed E-state index contributed by atoms with van der Waals surface area (Å²) in [6, 6.07) is 18.2. The number of carbonyl (C=O) groups is 3. The van der Waals surface area contributed by atoms with Crippen LogP contribution in [0.5, 0.6) is 0 Å². The largest absolute Gasteiger partial charge is 0.481 e. The predicted molar refractivity (Wildman–Crippen MR) is 142 cm³/mol. The van der Waals surface area contributed by atoms with Crippen LogP contribution in [0.1, 0.15) is 54.1 Å². The molecule has 3 aromatic rings. The van der Waals surface area contributed by atoms with Crippen LogP contribution in [0.2, 0.25) is 5.02 Å². The van der Waals surface area contributed by atoms with E-state index in [4.69, 9.17) is 16.7 Å². The van der Waals surface area contributed by atoms with Crippen molar-refractivity contribution in [1.82, 2.24) is 0 Å². The zero-order valence-corrected chi connectivity index (χ0v) is 21.4. The first-order valence-electron chi connectivity index (χ1n) is 12.2. The molecule has 6 nitrogen and oxygen atoms in total. The second-order valence-electron chi connectivity index (χ2n) is 9.13. The van der Waals surface area contributed by atoms with Gasteiger partial charge in [-0.1, -0.05) is 35.9 Å². The number of hydrogen-bond acceptors (Lipinski definition) is 3. The lowest BCUT2D eigenvalue weighted by atomic mass is 9.84. The Hall–Kier alpha value is -3.71. The van der Waals surface area contributed by atoms with Crippen LogP contribution in [0.25, 0.3) is 0 Å². The first-order chi connectivity index (χ1) is 17.7. The van der Waals surface area contributed by atoms with Crippen molar-refractivity contribution in [1.29, 1.82) is 0 Å². The van der Waals surface area contributed by atoms with Crippen molar-refractivity contribution in [2.75, 3.05) is 16.3 Å². The van der Waals surface area contributed by atoms with Gasteiger partial charge in [-0.3, -0.25) is 14.4 Å². The fourth-order valence-electron chi connectivity index (χ4n) is 4.89. The van der Waals surface area contributed by atoms with Gasteiger partial charge in [-0.25, -0.2) is 4.39 Å². The van der Waals surface area contributed by atoms with E-state index in [1.807, 2.05) is 44.2 Å². The molecule has 0 saturated heterocycles. The molecule has 4 rings (SSSR count). The second-order valence-corrected chi connectivity index (χ2v) is 9.57. The Balaban J connectivity index is 1.64. The van der Waals surface area contributed by atoms with Crippen molar-refractivity contribution in [3.63, 3.8) is 0 Å². The van der Waals surface area contributed by atoms with Crippen LogP contribution in [-0.2, 0) is 16.0 Å². The van der Waals surface area contributed by atoms with Gasteiger partial charge in [0.1, 0.15) is 5.82 Å². The average molecular weight is 523 g/mol. The molecule has 0 unspecified atom stereocenters. The smallest absolute Gasteiger partial charge is 0.303 e. The average Bonchev–Trinajstić information content (AvgIpc) is 2.88. The Kier molecular flexibility index (Phi) is 7.93. The first-order valence-corrected chi connectivity index (χ1v) is 12.6. The first kappa shape index (κ1) is 26.4. The van der Waals surface area contributed by atoms with Crippen LogP contribution in [0.4, 0.5) is 15.8 Å². The van der Waals surface area contributed by atoms with E-state index in [9.17, 15) is 18.8 Å². The zero-order valence-electron chi connectivity index (χ0n) is 20.7. The highest BCUT2D eigenvalue weighted by Crippen LogP contribution is 2.41. The molecule has 2 amide bonds. The van der Waals surface area contributed by atoms with Crippen LogP contribution in [0, 0.1) is 5.82 Å². The fraction of sp³-hybridized carbons (Fsp3) is 0.276. The third-order valence-electron chi connectivity index (χ3n) is 6.73. The number of aryl methyl sites for hydroxylation is 1. The molecule has 0 spiro atoms. The van der Waals surface area contributed by atoms with E-state index >= 15 is 0 Å². The van der Waals surface area contributed by atoms with Crippen LogP contribution >= 0.6 is 11.6 Å². The number of aliphatic carboxylic acids is 1. The summed E-state index contributed by atoms with van der Waals surface area (Å²) in [5.74, 6) is -2.52. The molecule has 1 N–H and O–H groups in total. The molecule has 2 atom stereocenters. The van der Waals surface area contributed by atoms with Gasteiger partial charge in [-0.15, -0.1) is 0 Å². The lowest BCUT2D eigenvalue weighted by Crippen LogP contribution is -2.46. The Morgan fingerprint density at radius 2 is 1.78 bits per heavy atom. The number of carbonyl (C=O) groups excluding carboxylic acids is 2. The zero-order chi connectivity index (χ0) is 26.7. The Labute approximate surface area is 220 Å². The van der Waals surface area contributed by atoms with Gasteiger partial charge in [0.05, 0.1) is 5.92 Å². The summed E-state index contributed by atoms with van der Waals surface area (Å²) in [4.78, 5) is 41.5. The van der Waals surface area contributed by atoms with E-state index in [-0.39, 0.29) is 41.8 Å². The Morgan fingerprint density at radius 3 is 2.43 bits per heavy atom. The van der Waals surface area contributed by atoms with E-state index in [1.54, 1.807) is 28.0 Å². The van der Waals surface area contributed by atoms with Gasteiger partial charge in [-0.05, 0) is 80.3 Å². The lowest BCUT2D eigenvalue weighted by Gasteiger charge is -2.40. The van der Waals surface area contributed by atoms with Gasteiger partial charge in [0, 0.05) is 41.0 Å². The number of carboxylic acid groups (broad SMARTS) is 1. The molecule has 1 aliphatic rings. The molecule has 0 aliphatic carbocycles. The molecular formula is C29H28ClFN2O4. The number of anilines is 2. The number of halogens is 2. The quantitative estimate of drug-likeness (QED) is 0.408. The molecule has 37 heavy (non-hydrogen) atoms. The topological polar surface area (TPSA) is 77.9 Å².